The second-order valence-electron chi connectivity index (χ2n) is 4.31. The summed E-state index contributed by atoms with van der Waals surface area (Å²) in [5, 5.41) is 10.7. The molecule has 1 heterocycles. The van der Waals surface area contributed by atoms with Crippen LogP contribution in [0.5, 0.6) is 0 Å². The van der Waals surface area contributed by atoms with Crippen LogP contribution in [0.3, 0.4) is 0 Å². The Morgan fingerprint density at radius 1 is 1.60 bits per heavy atom. The topological polar surface area (TPSA) is 108 Å². The molecule has 20 heavy (non-hydrogen) atoms. The predicted molar refractivity (Wildman–Crippen MR) is 71.5 cm³/mol. The lowest BCUT2D eigenvalue weighted by Crippen LogP contribution is -2.50. The van der Waals surface area contributed by atoms with Gasteiger partial charge in [-0.05, 0) is 12.1 Å². The number of carbonyl (C=O) groups excluding carboxylic acids is 1. The molecule has 1 fully saturated rings. The number of nitrogens with zero attached hydrogens (tertiary/aromatic N) is 2. The van der Waals surface area contributed by atoms with E-state index in [-0.39, 0.29) is 18.0 Å². The van der Waals surface area contributed by atoms with Gasteiger partial charge in [0.2, 0.25) is 0 Å². The number of ether oxygens (including phenoxy) is 2. The molecule has 108 valence electrons. The molecule has 1 aromatic rings. The van der Waals surface area contributed by atoms with Crippen molar-refractivity contribution in [2.24, 2.45) is 0 Å². The maximum absolute atomic E-state index is 11.7. The lowest BCUT2D eigenvalue weighted by atomic mass is 10.1. The molecule has 1 unspecified atom stereocenters. The number of rotatable bonds is 3. The van der Waals surface area contributed by atoms with E-state index in [4.69, 9.17) is 15.2 Å². The highest BCUT2D eigenvalue weighted by atomic mass is 16.6. The third-order valence-corrected chi connectivity index (χ3v) is 3.14. The Morgan fingerprint density at radius 3 is 2.95 bits per heavy atom. The fraction of sp³-hybridized carbons (Fsp3) is 0.417. The van der Waals surface area contributed by atoms with E-state index >= 15 is 0 Å². The SMILES string of the molecule is COC(=O)C1COCCN1c1ccc([N+](=O)[O-])c(N)c1. The molecule has 1 aliphatic heterocycles. The molecule has 1 atom stereocenters. The van der Waals surface area contributed by atoms with Crippen molar-refractivity contribution in [3.8, 4) is 0 Å². The zero-order valence-electron chi connectivity index (χ0n) is 10.9. The van der Waals surface area contributed by atoms with E-state index in [1.807, 2.05) is 0 Å². The first-order chi connectivity index (χ1) is 9.54. The van der Waals surface area contributed by atoms with E-state index in [0.29, 0.717) is 18.8 Å². The van der Waals surface area contributed by atoms with Gasteiger partial charge in [0, 0.05) is 18.3 Å². The Bertz CT molecular complexity index is 534. The summed E-state index contributed by atoms with van der Waals surface area (Å²) in [6.07, 6.45) is 0. The van der Waals surface area contributed by atoms with Crippen LogP contribution in [0.2, 0.25) is 0 Å². The zero-order chi connectivity index (χ0) is 14.7. The van der Waals surface area contributed by atoms with Gasteiger partial charge >= 0.3 is 5.97 Å². The third kappa shape index (κ3) is 2.64. The van der Waals surface area contributed by atoms with Gasteiger partial charge in [0.15, 0.2) is 6.04 Å². The van der Waals surface area contributed by atoms with E-state index in [9.17, 15) is 14.9 Å². The number of methoxy groups -OCH3 is 1. The smallest absolute Gasteiger partial charge is 0.330 e. The first kappa shape index (κ1) is 14.1. The molecule has 8 heteroatoms. The van der Waals surface area contributed by atoms with Gasteiger partial charge in [-0.1, -0.05) is 0 Å². The average molecular weight is 281 g/mol. The number of hydrogen-bond donors (Lipinski definition) is 1. The molecule has 0 amide bonds. The number of nitrogens with two attached hydrogens (primary N) is 1. The maximum Gasteiger partial charge on any atom is 0.330 e. The molecule has 1 saturated heterocycles. The molecule has 0 spiro atoms. The summed E-state index contributed by atoms with van der Waals surface area (Å²) < 4.78 is 10.0. The lowest BCUT2D eigenvalue weighted by molar-refractivity contribution is -0.383. The summed E-state index contributed by atoms with van der Waals surface area (Å²) >= 11 is 0. The van der Waals surface area contributed by atoms with Crippen LogP contribution in [0.25, 0.3) is 0 Å². The van der Waals surface area contributed by atoms with Gasteiger partial charge in [0.1, 0.15) is 5.69 Å². The highest BCUT2D eigenvalue weighted by Gasteiger charge is 2.31. The van der Waals surface area contributed by atoms with Crippen molar-refractivity contribution in [1.82, 2.24) is 0 Å². The van der Waals surface area contributed by atoms with Crippen molar-refractivity contribution >= 4 is 23.0 Å². The number of morpholine rings is 1. The van der Waals surface area contributed by atoms with Crippen molar-refractivity contribution in [3.63, 3.8) is 0 Å². The average Bonchev–Trinajstić information content (AvgIpc) is 2.46. The van der Waals surface area contributed by atoms with Gasteiger partial charge in [-0.2, -0.15) is 0 Å². The molecule has 0 radical (unpaired) electrons. The Morgan fingerprint density at radius 2 is 2.35 bits per heavy atom. The molecule has 0 aromatic heterocycles. The summed E-state index contributed by atoms with van der Waals surface area (Å²) in [6, 6.07) is 3.80. The number of benzene rings is 1. The highest BCUT2D eigenvalue weighted by Crippen LogP contribution is 2.29. The minimum absolute atomic E-state index is 0.0580. The Hall–Kier alpha value is -2.35. The molecule has 8 nitrogen and oxygen atoms in total. The monoisotopic (exact) mass is 281 g/mol. The van der Waals surface area contributed by atoms with Crippen LogP contribution in [0.1, 0.15) is 0 Å². The first-order valence-corrected chi connectivity index (χ1v) is 6.00. The van der Waals surface area contributed by atoms with Crippen LogP contribution in [-0.2, 0) is 14.3 Å². The summed E-state index contributed by atoms with van der Waals surface area (Å²) in [5.74, 6) is -0.415. The van der Waals surface area contributed by atoms with Gasteiger partial charge in [-0.25, -0.2) is 4.79 Å². The third-order valence-electron chi connectivity index (χ3n) is 3.14. The summed E-state index contributed by atoms with van der Waals surface area (Å²) in [7, 11) is 1.30. The second-order valence-corrected chi connectivity index (χ2v) is 4.31. The summed E-state index contributed by atoms with van der Waals surface area (Å²) in [6.45, 7) is 1.16. The number of anilines is 2. The molecule has 0 bridgehead atoms. The van der Waals surface area contributed by atoms with E-state index in [1.165, 1.54) is 19.2 Å². The van der Waals surface area contributed by atoms with E-state index < -0.39 is 16.9 Å². The van der Waals surface area contributed by atoms with Gasteiger partial charge in [0.25, 0.3) is 5.69 Å². The van der Waals surface area contributed by atoms with Gasteiger partial charge in [0.05, 0.1) is 25.2 Å². The number of esters is 1. The highest BCUT2D eigenvalue weighted by molar-refractivity contribution is 5.81. The largest absolute Gasteiger partial charge is 0.467 e. The Labute approximate surface area is 115 Å². The van der Waals surface area contributed by atoms with Crippen molar-refractivity contribution in [1.29, 1.82) is 0 Å². The van der Waals surface area contributed by atoms with Gasteiger partial charge in [-0.15, -0.1) is 0 Å². The van der Waals surface area contributed by atoms with Crippen molar-refractivity contribution in [2.45, 2.75) is 6.04 Å². The van der Waals surface area contributed by atoms with Crippen LogP contribution in [0.4, 0.5) is 17.1 Å². The van der Waals surface area contributed by atoms with Crippen LogP contribution < -0.4 is 10.6 Å². The number of carbonyl (C=O) groups is 1. The molecule has 0 saturated carbocycles. The molecule has 1 aliphatic rings. The number of nitrogen functional groups attached to an aromatic ring is 1. The van der Waals surface area contributed by atoms with Crippen LogP contribution in [0, 0.1) is 10.1 Å². The van der Waals surface area contributed by atoms with E-state index in [1.54, 1.807) is 11.0 Å². The first-order valence-electron chi connectivity index (χ1n) is 6.00. The fourth-order valence-corrected chi connectivity index (χ4v) is 2.13. The van der Waals surface area contributed by atoms with Crippen molar-refractivity contribution < 1.29 is 19.2 Å². The Balaban J connectivity index is 2.31. The second kappa shape index (κ2) is 5.74. The Kier molecular flexibility index (Phi) is 4.04. The van der Waals surface area contributed by atoms with Crippen LogP contribution in [0.15, 0.2) is 18.2 Å². The number of nitro groups is 1. The zero-order valence-corrected chi connectivity index (χ0v) is 10.9. The van der Waals surface area contributed by atoms with Crippen LogP contribution in [-0.4, -0.2) is 43.8 Å². The van der Waals surface area contributed by atoms with Crippen LogP contribution >= 0.6 is 0 Å². The molecule has 1 aromatic carbocycles. The molecule has 2 rings (SSSR count). The minimum atomic E-state index is -0.574. The summed E-state index contributed by atoms with van der Waals surface area (Å²) in [5.41, 5.74) is 6.20. The minimum Gasteiger partial charge on any atom is -0.467 e. The van der Waals surface area contributed by atoms with Crippen molar-refractivity contribution in [2.75, 3.05) is 37.5 Å². The van der Waals surface area contributed by atoms with Gasteiger partial charge < -0.3 is 20.1 Å². The molecular formula is C12H15N3O5. The molecular weight excluding hydrogens is 266 g/mol. The standard InChI is InChI=1S/C12H15N3O5/c1-19-12(16)11-7-20-5-4-14(11)8-2-3-10(15(17)18)9(13)6-8/h2-3,6,11H,4-5,7,13H2,1H3. The lowest BCUT2D eigenvalue weighted by Gasteiger charge is -2.35. The molecule has 0 aliphatic carbocycles. The quantitative estimate of drug-likeness (QED) is 0.373. The predicted octanol–water partition coefficient (Wildman–Crippen LogP) is 0.555. The van der Waals surface area contributed by atoms with Gasteiger partial charge in [-0.3, -0.25) is 10.1 Å². The maximum atomic E-state index is 11.7. The molecule has 2 N–H and O–H groups in total. The van der Waals surface area contributed by atoms with E-state index in [2.05, 4.69) is 0 Å². The normalized spacial score (nSPS) is 18.6. The van der Waals surface area contributed by atoms with E-state index in [0.717, 1.165) is 0 Å². The summed E-state index contributed by atoms with van der Waals surface area (Å²) in [4.78, 5) is 23.7. The number of hydrogen-bond acceptors (Lipinski definition) is 7. The van der Waals surface area contributed by atoms with Crippen molar-refractivity contribution in [3.05, 3.63) is 28.3 Å². The number of nitro benzene ring substituents is 1. The fourth-order valence-electron chi connectivity index (χ4n) is 2.13.